The number of nitrogens with two attached hydrogens (primary N) is 1. The summed E-state index contributed by atoms with van der Waals surface area (Å²) >= 11 is 0. The minimum Gasteiger partial charge on any atom is -0.507 e. The lowest BCUT2D eigenvalue weighted by molar-refractivity contribution is 0.0994. The van der Waals surface area contributed by atoms with Crippen LogP contribution in [0.3, 0.4) is 0 Å². The van der Waals surface area contributed by atoms with Crippen LogP contribution >= 0.6 is 0 Å². The molecule has 0 bridgehead atoms. The normalized spacial score (nSPS) is 9.75. The molecule has 0 atom stereocenters. The summed E-state index contributed by atoms with van der Waals surface area (Å²) < 4.78 is 0. The molecule has 0 fully saturated rings. The van der Waals surface area contributed by atoms with Gasteiger partial charge in [-0.3, -0.25) is 4.79 Å². The predicted molar refractivity (Wildman–Crippen MR) is 42.5 cm³/mol. The molecule has 4 N–H and O–H groups in total. The lowest BCUT2D eigenvalue weighted by Gasteiger charge is -2.04. The molecule has 1 aromatic rings. The molecule has 0 aliphatic rings. The van der Waals surface area contributed by atoms with Crippen LogP contribution in [0.1, 0.15) is 15.9 Å². The summed E-state index contributed by atoms with van der Waals surface area (Å²) in [6.45, 7) is -0.313. The van der Waals surface area contributed by atoms with Crippen LogP contribution in [0.5, 0.6) is 5.75 Å². The number of benzene rings is 1. The Balaban J connectivity index is 3.29. The molecule has 0 unspecified atom stereocenters. The van der Waals surface area contributed by atoms with Crippen LogP contribution in [0, 0.1) is 0 Å². The molecule has 0 saturated carbocycles. The highest BCUT2D eigenvalue weighted by atomic mass is 16.3. The van der Waals surface area contributed by atoms with Gasteiger partial charge in [-0.05, 0) is 11.6 Å². The molecule has 0 saturated heterocycles. The lowest BCUT2D eigenvalue weighted by Crippen LogP contribution is -2.13. The Morgan fingerprint density at radius 1 is 1.50 bits per heavy atom. The fourth-order valence-corrected chi connectivity index (χ4v) is 1.00. The summed E-state index contributed by atoms with van der Waals surface area (Å²) in [5, 5.41) is 18.0. The summed E-state index contributed by atoms with van der Waals surface area (Å²) in [5.74, 6) is -0.939. The van der Waals surface area contributed by atoms with E-state index in [9.17, 15) is 9.90 Å². The minimum atomic E-state index is -0.739. The molecule has 0 spiro atoms. The van der Waals surface area contributed by atoms with Gasteiger partial charge in [-0.2, -0.15) is 0 Å². The molecule has 1 amide bonds. The number of hydrogen-bond acceptors (Lipinski definition) is 3. The first-order valence-corrected chi connectivity index (χ1v) is 3.38. The van der Waals surface area contributed by atoms with Crippen molar-refractivity contribution in [2.24, 2.45) is 5.73 Å². The van der Waals surface area contributed by atoms with Crippen LogP contribution in [0.4, 0.5) is 0 Å². The zero-order valence-corrected chi connectivity index (χ0v) is 6.32. The highest BCUT2D eigenvalue weighted by Gasteiger charge is 2.11. The Hall–Kier alpha value is -1.55. The van der Waals surface area contributed by atoms with Gasteiger partial charge in [0.25, 0.3) is 5.91 Å². The molecule has 64 valence electrons. The number of aliphatic hydroxyl groups is 1. The van der Waals surface area contributed by atoms with Crippen molar-refractivity contribution in [1.82, 2.24) is 0 Å². The fourth-order valence-electron chi connectivity index (χ4n) is 1.00. The van der Waals surface area contributed by atoms with Gasteiger partial charge in [0.05, 0.1) is 12.2 Å². The summed E-state index contributed by atoms with van der Waals surface area (Å²) in [5.41, 5.74) is 5.30. The maximum atomic E-state index is 10.8. The van der Waals surface area contributed by atoms with Crippen LogP contribution in [0.2, 0.25) is 0 Å². The molecule has 0 aliphatic heterocycles. The highest BCUT2D eigenvalue weighted by Crippen LogP contribution is 2.19. The lowest BCUT2D eigenvalue weighted by atomic mass is 10.1. The molecule has 1 rings (SSSR count). The number of rotatable bonds is 2. The molecule has 4 nitrogen and oxygen atoms in total. The van der Waals surface area contributed by atoms with E-state index < -0.39 is 5.91 Å². The number of carbonyl (C=O) groups excluding carboxylic acids is 1. The number of aromatic hydroxyl groups is 1. The van der Waals surface area contributed by atoms with Gasteiger partial charge in [0.1, 0.15) is 5.75 Å². The quantitative estimate of drug-likeness (QED) is 0.579. The number of amides is 1. The maximum Gasteiger partial charge on any atom is 0.252 e. The second-order valence-corrected chi connectivity index (χ2v) is 2.33. The third-order valence-electron chi connectivity index (χ3n) is 1.55. The first-order chi connectivity index (χ1) is 5.66. The van der Waals surface area contributed by atoms with Crippen LogP contribution in [-0.4, -0.2) is 16.1 Å². The predicted octanol–water partition coefficient (Wildman–Crippen LogP) is -0.0166. The van der Waals surface area contributed by atoms with E-state index in [0.29, 0.717) is 5.56 Å². The zero-order valence-electron chi connectivity index (χ0n) is 6.32. The number of aliphatic hydroxyl groups excluding tert-OH is 1. The standard InChI is InChI=1S/C8H9NO3/c9-8(12)7-5(4-10)2-1-3-6(7)11/h1-3,10-11H,4H2,(H2,9,12). The Morgan fingerprint density at radius 3 is 2.58 bits per heavy atom. The van der Waals surface area contributed by atoms with Crippen molar-refractivity contribution in [3.05, 3.63) is 29.3 Å². The molecule has 0 radical (unpaired) electrons. The highest BCUT2D eigenvalue weighted by molar-refractivity contribution is 5.97. The largest absolute Gasteiger partial charge is 0.507 e. The van der Waals surface area contributed by atoms with Crippen molar-refractivity contribution in [1.29, 1.82) is 0 Å². The van der Waals surface area contributed by atoms with Gasteiger partial charge in [0, 0.05) is 0 Å². The van der Waals surface area contributed by atoms with Crippen molar-refractivity contribution in [3.8, 4) is 5.75 Å². The van der Waals surface area contributed by atoms with Crippen molar-refractivity contribution < 1.29 is 15.0 Å². The Bertz CT molecular complexity index is 309. The van der Waals surface area contributed by atoms with E-state index in [2.05, 4.69) is 0 Å². The molecule has 0 aromatic heterocycles. The van der Waals surface area contributed by atoms with E-state index in [0.717, 1.165) is 0 Å². The average molecular weight is 167 g/mol. The fraction of sp³-hybridized carbons (Fsp3) is 0.125. The van der Waals surface area contributed by atoms with Crippen molar-refractivity contribution in [2.45, 2.75) is 6.61 Å². The SMILES string of the molecule is NC(=O)c1c(O)cccc1CO. The minimum absolute atomic E-state index is 0.0139. The summed E-state index contributed by atoms with van der Waals surface area (Å²) in [7, 11) is 0. The smallest absolute Gasteiger partial charge is 0.252 e. The van der Waals surface area contributed by atoms with Crippen molar-refractivity contribution in [3.63, 3.8) is 0 Å². The van der Waals surface area contributed by atoms with Gasteiger partial charge in [0.15, 0.2) is 0 Å². The van der Waals surface area contributed by atoms with E-state index in [-0.39, 0.29) is 17.9 Å². The Kier molecular flexibility index (Phi) is 2.30. The molecular formula is C8H9NO3. The number of hydrogen-bond donors (Lipinski definition) is 3. The molecule has 0 aliphatic carbocycles. The van der Waals surface area contributed by atoms with Gasteiger partial charge in [-0.25, -0.2) is 0 Å². The Morgan fingerprint density at radius 2 is 2.17 bits per heavy atom. The van der Waals surface area contributed by atoms with Gasteiger partial charge < -0.3 is 15.9 Å². The molecule has 0 heterocycles. The van der Waals surface area contributed by atoms with Gasteiger partial charge in [0.2, 0.25) is 0 Å². The van der Waals surface area contributed by atoms with Gasteiger partial charge in [-0.1, -0.05) is 12.1 Å². The van der Waals surface area contributed by atoms with Crippen LogP contribution in [0.25, 0.3) is 0 Å². The first kappa shape index (κ1) is 8.55. The second kappa shape index (κ2) is 3.23. The summed E-state index contributed by atoms with van der Waals surface area (Å²) in [6.07, 6.45) is 0. The van der Waals surface area contributed by atoms with Crippen LogP contribution in [-0.2, 0) is 6.61 Å². The monoisotopic (exact) mass is 167 g/mol. The molecule has 12 heavy (non-hydrogen) atoms. The third-order valence-corrected chi connectivity index (χ3v) is 1.55. The van der Waals surface area contributed by atoms with E-state index >= 15 is 0 Å². The van der Waals surface area contributed by atoms with Gasteiger partial charge >= 0.3 is 0 Å². The molecule has 4 heteroatoms. The van der Waals surface area contributed by atoms with Gasteiger partial charge in [-0.15, -0.1) is 0 Å². The van der Waals surface area contributed by atoms with Crippen LogP contribution < -0.4 is 5.73 Å². The third kappa shape index (κ3) is 1.38. The maximum absolute atomic E-state index is 10.8. The number of carbonyl (C=O) groups is 1. The topological polar surface area (TPSA) is 83.6 Å². The Labute approximate surface area is 69.3 Å². The number of primary amides is 1. The summed E-state index contributed by atoms with van der Waals surface area (Å²) in [6, 6.07) is 4.41. The number of phenols is 1. The first-order valence-electron chi connectivity index (χ1n) is 3.38. The van der Waals surface area contributed by atoms with Crippen molar-refractivity contribution in [2.75, 3.05) is 0 Å². The molecular weight excluding hydrogens is 158 g/mol. The van der Waals surface area contributed by atoms with E-state index in [1.807, 2.05) is 0 Å². The van der Waals surface area contributed by atoms with E-state index in [1.54, 1.807) is 0 Å². The molecule has 1 aromatic carbocycles. The van der Waals surface area contributed by atoms with E-state index in [4.69, 9.17) is 10.8 Å². The zero-order chi connectivity index (χ0) is 9.14. The van der Waals surface area contributed by atoms with Crippen molar-refractivity contribution >= 4 is 5.91 Å². The van der Waals surface area contributed by atoms with E-state index in [1.165, 1.54) is 18.2 Å². The van der Waals surface area contributed by atoms with Crippen LogP contribution in [0.15, 0.2) is 18.2 Å². The average Bonchev–Trinajstić information content (AvgIpc) is 2.03. The second-order valence-electron chi connectivity index (χ2n) is 2.33. The summed E-state index contributed by atoms with van der Waals surface area (Å²) in [4.78, 5) is 10.8.